The lowest BCUT2D eigenvalue weighted by molar-refractivity contribution is 0.481. The van der Waals surface area contributed by atoms with Crippen LogP contribution in [0.15, 0.2) is 225 Å². The van der Waals surface area contributed by atoms with E-state index in [2.05, 4.69) is 281 Å². The molecule has 0 bridgehead atoms. The Morgan fingerprint density at radius 2 is 1.01 bits per heavy atom. The van der Waals surface area contributed by atoms with E-state index >= 15 is 0 Å². The van der Waals surface area contributed by atoms with Gasteiger partial charge >= 0.3 is 0 Å². The highest BCUT2D eigenvalue weighted by molar-refractivity contribution is 6.09. The maximum absolute atomic E-state index is 7.30. The summed E-state index contributed by atoms with van der Waals surface area (Å²) < 4.78 is 9.59. The van der Waals surface area contributed by atoms with Crippen LogP contribution in [0, 0.1) is 0 Å². The fourth-order valence-electron chi connectivity index (χ4n) is 11.9. The molecule has 11 aromatic rings. The molecule has 0 amide bonds. The van der Waals surface area contributed by atoms with Gasteiger partial charge < -0.3 is 14.5 Å². The Labute approximate surface area is 441 Å². The zero-order chi connectivity index (χ0) is 51.2. The number of aromatic nitrogens is 2. The van der Waals surface area contributed by atoms with Crippen molar-refractivity contribution in [3.05, 3.63) is 252 Å². The van der Waals surface area contributed by atoms with Crippen LogP contribution >= 0.6 is 0 Å². The fraction of sp³-hybridized carbons (Fsp3) is 0.157. The van der Waals surface area contributed by atoms with Gasteiger partial charge in [0.25, 0.3) is 0 Å². The average Bonchev–Trinajstić information content (AvgIpc) is 4.13. The number of pyridine rings is 1. The lowest BCUT2D eigenvalue weighted by atomic mass is 9.74. The molecule has 5 heteroatoms. The first-order chi connectivity index (χ1) is 36.3. The number of nitrogens with zero attached hydrogens (tertiary/aromatic N) is 4. The number of hydrogen-bond acceptors (Lipinski definition) is 4. The Morgan fingerprint density at radius 1 is 0.453 bits per heavy atom. The summed E-state index contributed by atoms with van der Waals surface area (Å²) >= 11 is 0. The van der Waals surface area contributed by atoms with Gasteiger partial charge in [-0.05, 0) is 135 Å². The van der Waals surface area contributed by atoms with Crippen LogP contribution in [0.4, 0.5) is 22.7 Å². The molecule has 0 fully saturated rings. The van der Waals surface area contributed by atoms with Crippen molar-refractivity contribution in [2.45, 2.75) is 64.7 Å². The minimum atomic E-state index is -0.482. The van der Waals surface area contributed by atoms with Crippen LogP contribution in [0.25, 0.3) is 61.0 Å². The van der Waals surface area contributed by atoms with Gasteiger partial charge in [0.05, 0.1) is 28.1 Å². The molecule has 0 spiro atoms. The van der Waals surface area contributed by atoms with Crippen LogP contribution in [-0.4, -0.2) is 16.2 Å². The van der Waals surface area contributed by atoms with E-state index in [1.165, 1.54) is 66.7 Å². The molecular weight excluding hydrogens is 913 g/mol. The van der Waals surface area contributed by atoms with Gasteiger partial charge in [-0.15, -0.1) is 0 Å². The van der Waals surface area contributed by atoms with Crippen LogP contribution in [-0.2, 0) is 16.2 Å². The highest BCUT2D eigenvalue weighted by atomic mass is 16.5. The summed E-state index contributed by atoms with van der Waals surface area (Å²) in [6.45, 7) is 16.7. The van der Waals surface area contributed by atoms with Gasteiger partial charge in [0.1, 0.15) is 24.0 Å². The molecule has 0 N–H and O–H groups in total. The molecular formula is C70H60N4O. The van der Waals surface area contributed by atoms with Crippen molar-refractivity contribution < 1.29 is 4.74 Å². The van der Waals surface area contributed by atoms with Crippen molar-refractivity contribution in [2.75, 3.05) is 16.5 Å². The molecule has 2 aromatic heterocycles. The van der Waals surface area contributed by atoms with Gasteiger partial charge in [0, 0.05) is 51.3 Å². The molecule has 75 heavy (non-hydrogen) atoms. The van der Waals surface area contributed by atoms with E-state index in [-0.39, 0.29) is 10.8 Å². The monoisotopic (exact) mass is 972 g/mol. The zero-order valence-corrected chi connectivity index (χ0v) is 43.8. The second kappa shape index (κ2) is 17.5. The van der Waals surface area contributed by atoms with Crippen molar-refractivity contribution in [1.29, 1.82) is 0 Å². The highest BCUT2D eigenvalue weighted by Gasteiger charge is 2.42. The highest BCUT2D eigenvalue weighted by Crippen LogP contribution is 2.56. The van der Waals surface area contributed by atoms with Crippen LogP contribution < -0.4 is 14.5 Å². The molecule has 5 nitrogen and oxygen atoms in total. The lowest BCUT2D eigenvalue weighted by Gasteiger charge is -2.31. The Balaban J connectivity index is 1.01. The average molecular weight is 973 g/mol. The number of rotatable bonds is 8. The number of benzene rings is 9. The SMILES string of the molecule is CC(C)(C)c1ccnc(-n2c3ccccc3c3ccc(Oc4cc(N5CN(c6c(-c7ccccc7)cc(C(C)(C)C)cc6-c6ccccc6)c6ccccc65)cc(C5(C)c6ccccc6-c6ccccc65)c4)cc32)c1. The number of ether oxygens (including phenoxy) is 1. The predicted molar refractivity (Wildman–Crippen MR) is 313 cm³/mol. The largest absolute Gasteiger partial charge is 0.457 e. The maximum atomic E-state index is 7.30. The molecule has 0 saturated carbocycles. The second-order valence-electron chi connectivity index (χ2n) is 22.6. The number of para-hydroxylation sites is 3. The summed E-state index contributed by atoms with van der Waals surface area (Å²) in [5.41, 5.74) is 19.6. The smallest absolute Gasteiger partial charge is 0.137 e. The van der Waals surface area contributed by atoms with Gasteiger partial charge in [-0.3, -0.25) is 4.57 Å². The summed E-state index contributed by atoms with van der Waals surface area (Å²) in [5, 5.41) is 2.32. The van der Waals surface area contributed by atoms with E-state index in [4.69, 9.17) is 9.72 Å². The van der Waals surface area contributed by atoms with E-state index in [9.17, 15) is 0 Å². The minimum absolute atomic E-state index is 0.0391. The predicted octanol–water partition coefficient (Wildman–Crippen LogP) is 18.5. The number of fused-ring (bicyclic) bond motifs is 7. The molecule has 1 aliphatic carbocycles. The number of anilines is 4. The standard InChI is InChI=1S/C70H60N4O/c1-68(2,3)48-36-37-71-66(42-48)74-62-31-19-16-28-56(62)57-35-34-52(44-65(57)74)75-53-39-50(70(7)60-29-17-14-26-54(60)55-27-15-18-30-61(55)70)38-51(43-53)72-45-73(64-33-21-20-32-63(64)72)67-58(46-22-10-8-11-23-46)40-49(69(4,5)6)41-59(67)47-24-12-9-13-25-47/h8-44H,45H2,1-7H3. The first kappa shape index (κ1) is 46.1. The number of hydrogen-bond donors (Lipinski definition) is 0. The van der Waals surface area contributed by atoms with E-state index < -0.39 is 5.41 Å². The third-order valence-corrected chi connectivity index (χ3v) is 15.9. The molecule has 9 aromatic carbocycles. The topological polar surface area (TPSA) is 33.5 Å². The van der Waals surface area contributed by atoms with E-state index in [0.717, 1.165) is 56.4 Å². The van der Waals surface area contributed by atoms with Crippen molar-refractivity contribution in [3.8, 4) is 50.7 Å². The lowest BCUT2D eigenvalue weighted by Crippen LogP contribution is -2.27. The first-order valence-corrected chi connectivity index (χ1v) is 26.3. The van der Waals surface area contributed by atoms with Crippen molar-refractivity contribution in [2.24, 2.45) is 0 Å². The minimum Gasteiger partial charge on any atom is -0.457 e. The van der Waals surface area contributed by atoms with Crippen LogP contribution in [0.5, 0.6) is 11.5 Å². The molecule has 13 rings (SSSR count). The van der Waals surface area contributed by atoms with Crippen LogP contribution in [0.2, 0.25) is 0 Å². The van der Waals surface area contributed by atoms with Gasteiger partial charge in [-0.25, -0.2) is 4.98 Å². The normalized spacial score (nSPS) is 13.8. The zero-order valence-electron chi connectivity index (χ0n) is 43.8. The van der Waals surface area contributed by atoms with Crippen LogP contribution in [0.3, 0.4) is 0 Å². The summed E-state index contributed by atoms with van der Waals surface area (Å²) in [4.78, 5) is 10.0. The molecule has 2 aliphatic rings. The van der Waals surface area contributed by atoms with Crippen molar-refractivity contribution >= 4 is 44.6 Å². The van der Waals surface area contributed by atoms with Gasteiger partial charge in [-0.2, -0.15) is 0 Å². The van der Waals surface area contributed by atoms with E-state index in [0.29, 0.717) is 6.67 Å². The molecule has 0 radical (unpaired) electrons. The quantitative estimate of drug-likeness (QED) is 0.152. The maximum Gasteiger partial charge on any atom is 0.137 e. The summed E-state index contributed by atoms with van der Waals surface area (Å²) in [6.07, 6.45) is 1.94. The Hall–Kier alpha value is -8.67. The van der Waals surface area contributed by atoms with Crippen molar-refractivity contribution in [3.63, 3.8) is 0 Å². The molecule has 366 valence electrons. The summed E-state index contributed by atoms with van der Waals surface area (Å²) in [7, 11) is 0. The molecule has 0 saturated heterocycles. The molecule has 0 atom stereocenters. The van der Waals surface area contributed by atoms with E-state index in [1.807, 2.05) is 6.20 Å². The molecule has 3 heterocycles. The first-order valence-electron chi connectivity index (χ1n) is 26.3. The summed E-state index contributed by atoms with van der Waals surface area (Å²) in [5.74, 6) is 2.40. The van der Waals surface area contributed by atoms with E-state index in [1.54, 1.807) is 0 Å². The van der Waals surface area contributed by atoms with Crippen molar-refractivity contribution in [1.82, 2.24) is 9.55 Å². The van der Waals surface area contributed by atoms with Gasteiger partial charge in [-0.1, -0.05) is 181 Å². The van der Waals surface area contributed by atoms with Gasteiger partial charge in [0.15, 0.2) is 0 Å². The third-order valence-electron chi connectivity index (χ3n) is 15.9. The Bertz CT molecular complexity index is 3900. The second-order valence-corrected chi connectivity index (χ2v) is 22.6. The Kier molecular flexibility index (Phi) is 10.8. The third kappa shape index (κ3) is 7.71. The van der Waals surface area contributed by atoms with Crippen LogP contribution in [0.1, 0.15) is 76.3 Å². The van der Waals surface area contributed by atoms with Gasteiger partial charge in [0.2, 0.25) is 0 Å². The molecule has 1 aliphatic heterocycles. The molecule has 0 unspecified atom stereocenters. The summed E-state index contributed by atoms with van der Waals surface area (Å²) in [6, 6.07) is 79.9. The Morgan fingerprint density at radius 3 is 1.65 bits per heavy atom. The fourth-order valence-corrected chi connectivity index (χ4v) is 11.9.